The highest BCUT2D eigenvalue weighted by Crippen LogP contribution is 2.38. The van der Waals surface area contributed by atoms with E-state index >= 15 is 0 Å². The Morgan fingerprint density at radius 2 is 1.89 bits per heavy atom. The summed E-state index contributed by atoms with van der Waals surface area (Å²) in [6.07, 6.45) is 3.83. The van der Waals surface area contributed by atoms with Gasteiger partial charge in [-0.1, -0.05) is 48.0 Å². The SMILES string of the molecule is CC1CCCN1c1c(Cl)ccc2c1CCN(C(=O)OCc1ccccc1)CC2. The Hall–Kier alpha value is -2.20. The molecule has 0 spiro atoms. The van der Waals surface area contributed by atoms with Crippen LogP contribution in [0.4, 0.5) is 10.5 Å². The number of hydrogen-bond acceptors (Lipinski definition) is 3. The molecule has 0 N–H and O–H groups in total. The number of hydrogen-bond donors (Lipinski definition) is 0. The van der Waals surface area contributed by atoms with Gasteiger partial charge in [-0.3, -0.25) is 0 Å². The van der Waals surface area contributed by atoms with E-state index in [0.717, 1.165) is 30.0 Å². The van der Waals surface area contributed by atoms with Gasteiger partial charge < -0.3 is 14.5 Å². The molecule has 0 bridgehead atoms. The molecule has 2 aliphatic rings. The van der Waals surface area contributed by atoms with Crippen LogP contribution in [0.3, 0.4) is 0 Å². The lowest BCUT2D eigenvalue weighted by atomic mass is 9.99. The van der Waals surface area contributed by atoms with Gasteiger partial charge in [0.15, 0.2) is 0 Å². The van der Waals surface area contributed by atoms with Crippen molar-refractivity contribution in [2.75, 3.05) is 24.5 Å². The topological polar surface area (TPSA) is 32.8 Å². The molecule has 5 heteroatoms. The minimum atomic E-state index is -0.237. The third kappa shape index (κ3) is 3.97. The van der Waals surface area contributed by atoms with E-state index in [-0.39, 0.29) is 6.09 Å². The lowest BCUT2D eigenvalue weighted by Crippen LogP contribution is -2.33. The van der Waals surface area contributed by atoms with E-state index in [2.05, 4.69) is 17.9 Å². The molecule has 4 nitrogen and oxygen atoms in total. The van der Waals surface area contributed by atoms with Crippen molar-refractivity contribution in [2.45, 2.75) is 45.3 Å². The third-order valence-corrected chi connectivity index (χ3v) is 6.22. The van der Waals surface area contributed by atoms with Crippen molar-refractivity contribution in [3.05, 3.63) is 64.2 Å². The molecule has 1 unspecified atom stereocenters. The van der Waals surface area contributed by atoms with Crippen LogP contribution in [0.25, 0.3) is 0 Å². The normalized spacial score (nSPS) is 19.3. The Kier molecular flexibility index (Phi) is 5.77. The third-order valence-electron chi connectivity index (χ3n) is 5.92. The number of halogens is 1. The largest absolute Gasteiger partial charge is 0.445 e. The second-order valence-electron chi connectivity index (χ2n) is 7.75. The molecule has 28 heavy (non-hydrogen) atoms. The van der Waals surface area contributed by atoms with Crippen LogP contribution in [-0.2, 0) is 24.2 Å². The number of carbonyl (C=O) groups is 1. The molecule has 1 saturated heterocycles. The first kappa shape index (κ1) is 19.1. The van der Waals surface area contributed by atoms with Gasteiger partial charge >= 0.3 is 6.09 Å². The van der Waals surface area contributed by atoms with Gasteiger partial charge in [-0.25, -0.2) is 4.79 Å². The molecular weight excluding hydrogens is 372 g/mol. The predicted molar refractivity (Wildman–Crippen MR) is 113 cm³/mol. The zero-order valence-corrected chi connectivity index (χ0v) is 17.1. The summed E-state index contributed by atoms with van der Waals surface area (Å²) in [5.74, 6) is 0. The second kappa shape index (κ2) is 8.44. The Morgan fingerprint density at radius 1 is 1.11 bits per heavy atom. The fourth-order valence-corrected chi connectivity index (χ4v) is 4.63. The number of anilines is 1. The first-order valence-electron chi connectivity index (χ1n) is 10.2. The fourth-order valence-electron chi connectivity index (χ4n) is 4.35. The van der Waals surface area contributed by atoms with Crippen molar-refractivity contribution in [3.63, 3.8) is 0 Å². The maximum absolute atomic E-state index is 12.6. The van der Waals surface area contributed by atoms with Gasteiger partial charge in [0.25, 0.3) is 0 Å². The number of benzene rings is 2. The first-order chi connectivity index (χ1) is 13.6. The highest BCUT2D eigenvalue weighted by atomic mass is 35.5. The van der Waals surface area contributed by atoms with E-state index in [1.54, 1.807) is 0 Å². The molecule has 2 heterocycles. The Bertz CT molecular complexity index is 840. The molecule has 1 atom stereocenters. The molecule has 1 amide bonds. The van der Waals surface area contributed by atoms with Gasteiger partial charge in [0.1, 0.15) is 6.61 Å². The van der Waals surface area contributed by atoms with Crippen molar-refractivity contribution >= 4 is 23.4 Å². The maximum atomic E-state index is 12.6. The number of amides is 1. The van der Waals surface area contributed by atoms with Gasteiger partial charge in [0.2, 0.25) is 0 Å². The fraction of sp³-hybridized carbons (Fsp3) is 0.435. The molecular formula is C23H27ClN2O2. The van der Waals surface area contributed by atoms with Gasteiger partial charge in [-0.2, -0.15) is 0 Å². The van der Waals surface area contributed by atoms with E-state index in [4.69, 9.17) is 16.3 Å². The van der Waals surface area contributed by atoms with E-state index in [0.29, 0.717) is 25.7 Å². The number of carbonyl (C=O) groups excluding carboxylic acids is 1. The molecule has 0 aliphatic carbocycles. The zero-order chi connectivity index (χ0) is 19.5. The maximum Gasteiger partial charge on any atom is 0.410 e. The van der Waals surface area contributed by atoms with E-state index in [9.17, 15) is 4.79 Å². The van der Waals surface area contributed by atoms with Crippen LogP contribution in [0.1, 0.15) is 36.5 Å². The minimum Gasteiger partial charge on any atom is -0.445 e. The minimum absolute atomic E-state index is 0.237. The van der Waals surface area contributed by atoms with E-state index in [1.807, 2.05) is 41.3 Å². The van der Waals surface area contributed by atoms with E-state index < -0.39 is 0 Å². The summed E-state index contributed by atoms with van der Waals surface area (Å²) in [6.45, 7) is 4.98. The lowest BCUT2D eigenvalue weighted by Gasteiger charge is -2.28. The molecule has 2 aromatic carbocycles. The zero-order valence-electron chi connectivity index (χ0n) is 16.4. The Labute approximate surface area is 172 Å². The van der Waals surface area contributed by atoms with Gasteiger partial charge in [-0.15, -0.1) is 0 Å². The van der Waals surface area contributed by atoms with Crippen LogP contribution in [0, 0.1) is 0 Å². The summed E-state index contributed by atoms with van der Waals surface area (Å²) in [5.41, 5.74) is 4.80. The molecule has 4 rings (SSSR count). The molecule has 2 aromatic rings. The molecule has 0 saturated carbocycles. The van der Waals surface area contributed by atoms with Crippen LogP contribution < -0.4 is 4.90 Å². The molecule has 0 aromatic heterocycles. The first-order valence-corrected chi connectivity index (χ1v) is 10.5. The van der Waals surface area contributed by atoms with Crippen LogP contribution in [-0.4, -0.2) is 36.7 Å². The standard InChI is InChI=1S/C23H27ClN2O2/c1-17-6-5-13-26(17)22-20-12-15-25(14-11-19(20)9-10-21(22)24)23(27)28-16-18-7-3-2-4-8-18/h2-4,7-10,17H,5-6,11-16H2,1H3. The van der Waals surface area contributed by atoms with Crippen molar-refractivity contribution in [1.29, 1.82) is 0 Å². The summed E-state index contributed by atoms with van der Waals surface area (Å²) in [5, 5.41) is 0.826. The predicted octanol–water partition coefficient (Wildman–Crippen LogP) is 5.07. The highest BCUT2D eigenvalue weighted by Gasteiger charge is 2.28. The van der Waals surface area contributed by atoms with E-state index in [1.165, 1.54) is 29.7 Å². The monoisotopic (exact) mass is 398 g/mol. The summed E-state index contributed by atoms with van der Waals surface area (Å²) in [7, 11) is 0. The van der Waals surface area contributed by atoms with Crippen LogP contribution in [0.5, 0.6) is 0 Å². The number of fused-ring (bicyclic) bond motifs is 1. The van der Waals surface area contributed by atoms with Crippen molar-refractivity contribution in [2.24, 2.45) is 0 Å². The van der Waals surface area contributed by atoms with Crippen LogP contribution in [0.2, 0.25) is 5.02 Å². The molecule has 148 valence electrons. The van der Waals surface area contributed by atoms with Gasteiger partial charge in [0, 0.05) is 25.7 Å². The molecule has 0 radical (unpaired) electrons. The molecule has 1 fully saturated rings. The van der Waals surface area contributed by atoms with Gasteiger partial charge in [-0.05, 0) is 55.4 Å². The summed E-state index contributed by atoms with van der Waals surface area (Å²) < 4.78 is 5.54. The Morgan fingerprint density at radius 3 is 2.64 bits per heavy atom. The summed E-state index contributed by atoms with van der Waals surface area (Å²) in [6, 6.07) is 14.5. The highest BCUT2D eigenvalue weighted by molar-refractivity contribution is 6.33. The van der Waals surface area contributed by atoms with Crippen LogP contribution in [0.15, 0.2) is 42.5 Å². The van der Waals surface area contributed by atoms with Crippen molar-refractivity contribution in [3.8, 4) is 0 Å². The van der Waals surface area contributed by atoms with Crippen LogP contribution >= 0.6 is 11.6 Å². The quantitative estimate of drug-likeness (QED) is 0.723. The number of rotatable bonds is 3. The molecule has 2 aliphatic heterocycles. The lowest BCUT2D eigenvalue weighted by molar-refractivity contribution is 0.0977. The van der Waals surface area contributed by atoms with Gasteiger partial charge in [0.05, 0.1) is 10.7 Å². The second-order valence-corrected chi connectivity index (χ2v) is 8.15. The number of nitrogens with zero attached hydrogens (tertiary/aromatic N) is 2. The van der Waals surface area contributed by atoms with Crippen molar-refractivity contribution < 1.29 is 9.53 Å². The number of ether oxygens (including phenoxy) is 1. The van der Waals surface area contributed by atoms with Crippen molar-refractivity contribution in [1.82, 2.24) is 4.90 Å². The summed E-state index contributed by atoms with van der Waals surface area (Å²) >= 11 is 6.63. The Balaban J connectivity index is 1.47. The average Bonchev–Trinajstić information content (AvgIpc) is 3.01. The summed E-state index contributed by atoms with van der Waals surface area (Å²) in [4.78, 5) is 16.9. The smallest absolute Gasteiger partial charge is 0.410 e. The average molecular weight is 399 g/mol.